The molecule has 3 rings (SSSR count). The lowest BCUT2D eigenvalue weighted by atomic mass is 9.90. The molecule has 1 fully saturated rings. The van der Waals surface area contributed by atoms with Crippen molar-refractivity contribution in [3.63, 3.8) is 0 Å². The topological polar surface area (TPSA) is 58.3 Å². The molecule has 0 bridgehead atoms. The molecule has 134 valence electrons. The van der Waals surface area contributed by atoms with Gasteiger partial charge >= 0.3 is 0 Å². The first-order valence-electron chi connectivity index (χ1n) is 8.75. The monoisotopic (exact) mass is 466 g/mol. The number of nitrogens with two attached hydrogens (primary N) is 1. The van der Waals surface area contributed by atoms with Crippen molar-refractivity contribution in [3.8, 4) is 0 Å². The Morgan fingerprint density at radius 3 is 2.44 bits per heavy atom. The summed E-state index contributed by atoms with van der Waals surface area (Å²) < 4.78 is 1.95. The first kappa shape index (κ1) is 18.9. The number of nitrogen functional groups attached to an aromatic ring is 1. The van der Waals surface area contributed by atoms with Gasteiger partial charge in [0.25, 0.3) is 0 Å². The van der Waals surface area contributed by atoms with E-state index in [0.717, 1.165) is 52.3 Å². The number of aliphatic hydroxyl groups excluding tert-OH is 1. The van der Waals surface area contributed by atoms with E-state index >= 15 is 0 Å². The molecule has 1 aliphatic carbocycles. The zero-order chi connectivity index (χ0) is 17.8. The number of rotatable bonds is 5. The fraction of sp³-hybridized carbons (Fsp3) is 0.400. The molecule has 1 atom stereocenters. The smallest absolute Gasteiger partial charge is 0.0541 e. The van der Waals surface area contributed by atoms with Crippen molar-refractivity contribution in [2.75, 3.05) is 5.73 Å². The van der Waals surface area contributed by atoms with Crippen LogP contribution in [-0.2, 0) is 6.42 Å². The number of hydrogen-bond donors (Lipinski definition) is 3. The number of hydrogen-bond acceptors (Lipinski definition) is 3. The molecule has 1 unspecified atom stereocenters. The lowest BCUT2D eigenvalue weighted by Gasteiger charge is -2.31. The molecule has 0 aromatic heterocycles. The zero-order valence-electron chi connectivity index (χ0n) is 14.1. The molecule has 1 saturated carbocycles. The minimum Gasteiger partial charge on any atom is -0.398 e. The van der Waals surface area contributed by atoms with E-state index in [1.54, 1.807) is 0 Å². The summed E-state index contributed by atoms with van der Waals surface area (Å²) in [4.78, 5) is 0. The molecule has 4 N–H and O–H groups in total. The van der Waals surface area contributed by atoms with Gasteiger partial charge in [-0.3, -0.25) is 0 Å². The third kappa shape index (κ3) is 5.07. The highest BCUT2D eigenvalue weighted by Crippen LogP contribution is 2.32. The van der Waals surface area contributed by atoms with Crippen LogP contribution in [0.2, 0.25) is 0 Å². The lowest BCUT2D eigenvalue weighted by Crippen LogP contribution is -2.38. The van der Waals surface area contributed by atoms with Crippen molar-refractivity contribution in [3.05, 3.63) is 62.5 Å². The van der Waals surface area contributed by atoms with Gasteiger partial charge in [0.05, 0.1) is 6.10 Å². The molecule has 0 heterocycles. The predicted octanol–water partition coefficient (Wildman–Crippen LogP) is 4.97. The third-order valence-electron chi connectivity index (χ3n) is 4.94. The minimum atomic E-state index is -0.134. The maximum absolute atomic E-state index is 9.76. The van der Waals surface area contributed by atoms with Gasteiger partial charge in [-0.25, -0.2) is 0 Å². The minimum absolute atomic E-state index is 0.134. The average Bonchev–Trinajstić information content (AvgIpc) is 2.61. The molecule has 0 saturated heterocycles. The fourth-order valence-corrected chi connectivity index (χ4v) is 4.83. The van der Waals surface area contributed by atoms with E-state index in [0.29, 0.717) is 6.04 Å². The maximum Gasteiger partial charge on any atom is 0.0541 e. The second-order valence-electron chi connectivity index (χ2n) is 6.80. The van der Waals surface area contributed by atoms with Crippen molar-refractivity contribution in [2.45, 2.75) is 50.3 Å². The van der Waals surface area contributed by atoms with Crippen molar-refractivity contribution in [2.24, 2.45) is 0 Å². The van der Waals surface area contributed by atoms with Crippen LogP contribution in [0.25, 0.3) is 0 Å². The van der Waals surface area contributed by atoms with Crippen molar-refractivity contribution < 1.29 is 5.11 Å². The van der Waals surface area contributed by atoms with E-state index in [1.165, 1.54) is 5.56 Å². The second-order valence-corrected chi connectivity index (χ2v) is 8.57. The Bertz CT molecular complexity index is 700. The SMILES string of the molecule is Nc1c(Br)cc(Br)cc1CC(NC1CCC(O)CC1)c1ccccc1. The van der Waals surface area contributed by atoms with Crippen molar-refractivity contribution in [1.29, 1.82) is 0 Å². The Morgan fingerprint density at radius 1 is 1.08 bits per heavy atom. The summed E-state index contributed by atoms with van der Waals surface area (Å²) in [5.41, 5.74) is 9.49. The molecule has 2 aromatic carbocycles. The van der Waals surface area contributed by atoms with Gasteiger partial charge in [-0.05, 0) is 71.3 Å². The van der Waals surface area contributed by atoms with Gasteiger partial charge in [-0.1, -0.05) is 46.3 Å². The molecular weight excluding hydrogens is 444 g/mol. The van der Waals surface area contributed by atoms with E-state index in [9.17, 15) is 5.11 Å². The Labute approximate surface area is 166 Å². The second kappa shape index (κ2) is 8.67. The molecular formula is C20H24Br2N2O. The lowest BCUT2D eigenvalue weighted by molar-refractivity contribution is 0.114. The highest BCUT2D eigenvalue weighted by atomic mass is 79.9. The van der Waals surface area contributed by atoms with Gasteiger partial charge in [-0.15, -0.1) is 0 Å². The molecule has 5 heteroatoms. The van der Waals surface area contributed by atoms with E-state index in [-0.39, 0.29) is 12.1 Å². The van der Waals surface area contributed by atoms with Crippen LogP contribution in [0, 0.1) is 0 Å². The molecule has 0 radical (unpaired) electrons. The highest BCUT2D eigenvalue weighted by molar-refractivity contribution is 9.11. The van der Waals surface area contributed by atoms with E-state index in [1.807, 2.05) is 12.1 Å². The Kier molecular flexibility index (Phi) is 6.55. The summed E-state index contributed by atoms with van der Waals surface area (Å²) in [6, 6.07) is 15.2. The van der Waals surface area contributed by atoms with Gasteiger partial charge in [0.2, 0.25) is 0 Å². The van der Waals surface area contributed by atoms with Crippen LogP contribution in [0.5, 0.6) is 0 Å². The average molecular weight is 468 g/mol. The first-order valence-corrected chi connectivity index (χ1v) is 10.3. The van der Waals surface area contributed by atoms with Crippen LogP contribution < -0.4 is 11.1 Å². The first-order chi connectivity index (χ1) is 12.0. The number of nitrogens with one attached hydrogen (secondary N) is 1. The predicted molar refractivity (Wildman–Crippen MR) is 111 cm³/mol. The Hall–Kier alpha value is -0.880. The van der Waals surface area contributed by atoms with Gasteiger partial charge in [0.1, 0.15) is 0 Å². The standard InChI is InChI=1S/C20H24Br2N2O/c21-15-10-14(20(23)18(22)12-15)11-19(13-4-2-1-3-5-13)24-16-6-8-17(25)9-7-16/h1-5,10,12,16-17,19,24-25H,6-9,11,23H2. The summed E-state index contributed by atoms with van der Waals surface area (Å²) in [6.07, 6.45) is 4.48. The fourth-order valence-electron chi connectivity index (χ4n) is 3.51. The molecule has 0 amide bonds. The number of halogens is 2. The van der Waals surface area contributed by atoms with Crippen LogP contribution in [0.4, 0.5) is 5.69 Å². The summed E-state index contributed by atoms with van der Waals surface area (Å²) in [5.74, 6) is 0. The Balaban J connectivity index is 1.82. The van der Waals surface area contributed by atoms with Crippen molar-refractivity contribution in [1.82, 2.24) is 5.32 Å². The van der Waals surface area contributed by atoms with E-state index in [2.05, 4.69) is 67.5 Å². The van der Waals surface area contributed by atoms with Crippen LogP contribution in [0.15, 0.2) is 51.4 Å². The van der Waals surface area contributed by atoms with Gasteiger partial charge in [0.15, 0.2) is 0 Å². The highest BCUT2D eigenvalue weighted by Gasteiger charge is 2.23. The van der Waals surface area contributed by atoms with Gasteiger partial charge in [-0.2, -0.15) is 0 Å². The summed E-state index contributed by atoms with van der Waals surface area (Å²) in [7, 11) is 0. The number of aliphatic hydroxyl groups is 1. The number of anilines is 1. The van der Waals surface area contributed by atoms with Crippen LogP contribution >= 0.6 is 31.9 Å². The number of benzene rings is 2. The molecule has 25 heavy (non-hydrogen) atoms. The van der Waals surface area contributed by atoms with Gasteiger partial charge < -0.3 is 16.2 Å². The molecule has 1 aliphatic rings. The van der Waals surface area contributed by atoms with Crippen molar-refractivity contribution >= 4 is 37.5 Å². The summed E-state index contributed by atoms with van der Waals surface area (Å²) in [5, 5.41) is 13.6. The third-order valence-corrected chi connectivity index (χ3v) is 6.05. The van der Waals surface area contributed by atoms with Crippen LogP contribution in [0.1, 0.15) is 42.9 Å². The molecule has 3 nitrogen and oxygen atoms in total. The zero-order valence-corrected chi connectivity index (χ0v) is 17.3. The van der Waals surface area contributed by atoms with E-state index in [4.69, 9.17) is 5.73 Å². The molecule has 0 aliphatic heterocycles. The Morgan fingerprint density at radius 2 is 1.76 bits per heavy atom. The normalized spacial score (nSPS) is 21.9. The largest absolute Gasteiger partial charge is 0.398 e. The molecule has 0 spiro atoms. The molecule has 2 aromatic rings. The summed E-state index contributed by atoms with van der Waals surface area (Å²) >= 11 is 7.11. The van der Waals surface area contributed by atoms with E-state index < -0.39 is 0 Å². The maximum atomic E-state index is 9.76. The summed E-state index contributed by atoms with van der Waals surface area (Å²) in [6.45, 7) is 0. The van der Waals surface area contributed by atoms with Crippen LogP contribution in [-0.4, -0.2) is 17.3 Å². The quantitative estimate of drug-likeness (QED) is 0.544. The van der Waals surface area contributed by atoms with Gasteiger partial charge in [0, 0.05) is 26.7 Å². The van der Waals surface area contributed by atoms with Crippen LogP contribution in [0.3, 0.4) is 0 Å².